The van der Waals surface area contributed by atoms with Gasteiger partial charge in [-0.05, 0) is 64.2 Å². The third kappa shape index (κ3) is 3.67. The van der Waals surface area contributed by atoms with Crippen molar-refractivity contribution in [3.8, 4) is 28.7 Å². The van der Waals surface area contributed by atoms with Crippen molar-refractivity contribution in [2.75, 3.05) is 35.5 Å². The summed E-state index contributed by atoms with van der Waals surface area (Å²) in [5.41, 5.74) is 3.75. The maximum atomic E-state index is 9.89. The van der Waals surface area contributed by atoms with Crippen LogP contribution in [0.4, 0.5) is 0 Å². The van der Waals surface area contributed by atoms with Crippen molar-refractivity contribution in [3.63, 3.8) is 0 Å². The molecule has 1 aliphatic carbocycles. The number of fused-ring (bicyclic) bond motifs is 1. The van der Waals surface area contributed by atoms with E-state index < -0.39 is 0 Å². The van der Waals surface area contributed by atoms with E-state index in [0.29, 0.717) is 46.0 Å². The third-order valence-corrected chi connectivity index (χ3v) is 5.90. The molecule has 0 saturated carbocycles. The number of hydrogen-bond donors (Lipinski definition) is 1. The van der Waals surface area contributed by atoms with E-state index in [-0.39, 0.29) is 0 Å². The van der Waals surface area contributed by atoms with Gasteiger partial charge in [0, 0.05) is 5.56 Å². The standard InChI is InChI=1S/C22H24BrNO6/c1-26-15-8-9-16(27-2)18-14(15)7-6-12(20(18)24-25)10-13-11-17(28-3)21(29-4)22(30-5)19(13)23/h8-11,25H,6-7H2,1-5H3/b12-10+,24-20+. The van der Waals surface area contributed by atoms with E-state index in [9.17, 15) is 5.21 Å². The molecule has 2 aromatic rings. The molecule has 0 bridgehead atoms. The van der Waals surface area contributed by atoms with Crippen molar-refractivity contribution in [1.82, 2.24) is 0 Å². The first-order chi connectivity index (χ1) is 14.5. The Bertz CT molecular complexity index is 1020. The molecule has 7 nitrogen and oxygen atoms in total. The van der Waals surface area contributed by atoms with Gasteiger partial charge in [0.1, 0.15) is 17.2 Å². The number of allylic oxidation sites excluding steroid dienone is 1. The molecule has 30 heavy (non-hydrogen) atoms. The minimum atomic E-state index is 0.438. The van der Waals surface area contributed by atoms with Gasteiger partial charge in [-0.2, -0.15) is 0 Å². The van der Waals surface area contributed by atoms with Gasteiger partial charge >= 0.3 is 0 Å². The van der Waals surface area contributed by atoms with Crippen molar-refractivity contribution in [1.29, 1.82) is 0 Å². The van der Waals surface area contributed by atoms with Crippen LogP contribution in [0.1, 0.15) is 23.1 Å². The van der Waals surface area contributed by atoms with E-state index in [1.807, 2.05) is 18.2 Å². The van der Waals surface area contributed by atoms with E-state index in [2.05, 4.69) is 21.1 Å². The first kappa shape index (κ1) is 21.8. The maximum absolute atomic E-state index is 9.89. The Morgan fingerprint density at radius 1 is 0.867 bits per heavy atom. The van der Waals surface area contributed by atoms with Crippen LogP contribution < -0.4 is 23.7 Å². The Balaban J connectivity index is 2.19. The number of oxime groups is 1. The molecular formula is C22H24BrNO6. The summed E-state index contributed by atoms with van der Waals surface area (Å²) in [5.74, 6) is 2.89. The number of benzene rings is 2. The number of methoxy groups -OCH3 is 5. The highest BCUT2D eigenvalue weighted by atomic mass is 79.9. The van der Waals surface area contributed by atoms with E-state index in [0.717, 1.165) is 28.0 Å². The monoisotopic (exact) mass is 477 g/mol. The van der Waals surface area contributed by atoms with Crippen LogP contribution in [-0.4, -0.2) is 46.5 Å². The first-order valence-electron chi connectivity index (χ1n) is 9.20. The van der Waals surface area contributed by atoms with Gasteiger partial charge in [-0.3, -0.25) is 0 Å². The van der Waals surface area contributed by atoms with Crippen LogP contribution in [0.15, 0.2) is 33.4 Å². The zero-order chi connectivity index (χ0) is 21.8. The minimum absolute atomic E-state index is 0.438. The van der Waals surface area contributed by atoms with Gasteiger partial charge in [0.15, 0.2) is 11.5 Å². The lowest BCUT2D eigenvalue weighted by atomic mass is 9.84. The van der Waals surface area contributed by atoms with Crippen LogP contribution in [0.3, 0.4) is 0 Å². The average Bonchev–Trinajstić information content (AvgIpc) is 2.78. The van der Waals surface area contributed by atoms with Crippen LogP contribution in [0, 0.1) is 0 Å². The molecule has 0 heterocycles. The molecule has 0 aromatic heterocycles. The quantitative estimate of drug-likeness (QED) is 0.479. The highest BCUT2D eigenvalue weighted by molar-refractivity contribution is 9.10. The second kappa shape index (κ2) is 9.30. The molecular weight excluding hydrogens is 454 g/mol. The van der Waals surface area contributed by atoms with Crippen molar-refractivity contribution >= 4 is 27.7 Å². The molecule has 0 amide bonds. The minimum Gasteiger partial charge on any atom is -0.496 e. The van der Waals surface area contributed by atoms with E-state index in [1.54, 1.807) is 41.6 Å². The van der Waals surface area contributed by atoms with Gasteiger partial charge in [0.2, 0.25) is 5.75 Å². The van der Waals surface area contributed by atoms with Crippen molar-refractivity contribution in [2.24, 2.45) is 5.16 Å². The van der Waals surface area contributed by atoms with Crippen LogP contribution >= 0.6 is 15.9 Å². The first-order valence-corrected chi connectivity index (χ1v) is 9.99. The Labute approximate surface area is 184 Å². The summed E-state index contributed by atoms with van der Waals surface area (Å²) in [4.78, 5) is 0. The summed E-state index contributed by atoms with van der Waals surface area (Å²) in [7, 11) is 7.89. The predicted molar refractivity (Wildman–Crippen MR) is 118 cm³/mol. The average molecular weight is 478 g/mol. The number of nitrogens with zero attached hydrogens (tertiary/aromatic N) is 1. The molecule has 0 aliphatic heterocycles. The number of ether oxygens (including phenoxy) is 5. The summed E-state index contributed by atoms with van der Waals surface area (Å²) >= 11 is 3.60. The number of hydrogen-bond acceptors (Lipinski definition) is 7. The van der Waals surface area contributed by atoms with Crippen molar-refractivity contribution < 1.29 is 28.9 Å². The summed E-state index contributed by atoms with van der Waals surface area (Å²) in [6.45, 7) is 0. The molecule has 1 aliphatic rings. The van der Waals surface area contributed by atoms with Crippen LogP contribution in [0.25, 0.3) is 6.08 Å². The van der Waals surface area contributed by atoms with E-state index in [1.165, 1.54) is 0 Å². The van der Waals surface area contributed by atoms with Gasteiger partial charge in [-0.15, -0.1) is 0 Å². The lowest BCUT2D eigenvalue weighted by molar-refractivity contribution is 0.318. The van der Waals surface area contributed by atoms with Crippen LogP contribution in [0.5, 0.6) is 28.7 Å². The lowest BCUT2D eigenvalue weighted by Gasteiger charge is -2.24. The number of halogens is 1. The largest absolute Gasteiger partial charge is 0.496 e. The van der Waals surface area contributed by atoms with E-state index >= 15 is 0 Å². The molecule has 0 fully saturated rings. The normalized spacial score (nSPS) is 15.7. The molecule has 0 atom stereocenters. The van der Waals surface area contributed by atoms with Crippen molar-refractivity contribution in [2.45, 2.75) is 12.8 Å². The Hall–Kier alpha value is -2.87. The summed E-state index contributed by atoms with van der Waals surface area (Å²) in [5, 5.41) is 13.5. The smallest absolute Gasteiger partial charge is 0.204 e. The van der Waals surface area contributed by atoms with Gasteiger partial charge < -0.3 is 28.9 Å². The molecule has 1 N–H and O–H groups in total. The lowest BCUT2D eigenvalue weighted by Crippen LogP contribution is -2.17. The van der Waals surface area contributed by atoms with Gasteiger partial charge in [0.05, 0.1) is 45.6 Å². The Morgan fingerprint density at radius 2 is 1.50 bits per heavy atom. The zero-order valence-electron chi connectivity index (χ0n) is 17.5. The van der Waals surface area contributed by atoms with Crippen LogP contribution in [0.2, 0.25) is 0 Å². The summed E-state index contributed by atoms with van der Waals surface area (Å²) < 4.78 is 28.2. The van der Waals surface area contributed by atoms with Gasteiger partial charge in [-0.25, -0.2) is 0 Å². The van der Waals surface area contributed by atoms with Crippen LogP contribution in [-0.2, 0) is 6.42 Å². The zero-order valence-corrected chi connectivity index (χ0v) is 19.1. The second-order valence-corrected chi connectivity index (χ2v) is 7.28. The Morgan fingerprint density at radius 3 is 2.07 bits per heavy atom. The highest BCUT2D eigenvalue weighted by Gasteiger charge is 2.28. The topological polar surface area (TPSA) is 78.7 Å². The predicted octanol–water partition coefficient (Wildman–Crippen LogP) is 4.70. The molecule has 8 heteroatoms. The summed E-state index contributed by atoms with van der Waals surface area (Å²) in [6, 6.07) is 5.50. The fraction of sp³-hybridized carbons (Fsp3) is 0.318. The highest BCUT2D eigenvalue weighted by Crippen LogP contribution is 2.46. The molecule has 2 aromatic carbocycles. The number of rotatable bonds is 6. The Kier molecular flexibility index (Phi) is 6.77. The SMILES string of the molecule is COc1ccc(OC)c2c1CCC(=C\c1cc(OC)c(OC)c(OC)c1Br)/C2=N\O. The van der Waals surface area contributed by atoms with Gasteiger partial charge in [-0.1, -0.05) is 5.16 Å². The fourth-order valence-corrected chi connectivity index (χ4v) is 4.27. The maximum Gasteiger partial charge on any atom is 0.204 e. The fourth-order valence-electron chi connectivity index (χ4n) is 3.70. The summed E-state index contributed by atoms with van der Waals surface area (Å²) in [6.07, 6.45) is 3.30. The molecule has 0 spiro atoms. The molecule has 160 valence electrons. The second-order valence-electron chi connectivity index (χ2n) is 6.49. The molecule has 0 radical (unpaired) electrons. The molecule has 3 rings (SSSR count). The molecule has 0 unspecified atom stereocenters. The van der Waals surface area contributed by atoms with Crippen molar-refractivity contribution in [3.05, 3.63) is 44.9 Å². The van der Waals surface area contributed by atoms with Gasteiger partial charge in [0.25, 0.3) is 0 Å². The third-order valence-electron chi connectivity index (χ3n) is 5.08. The molecule has 0 saturated heterocycles. The van der Waals surface area contributed by atoms with E-state index in [4.69, 9.17) is 23.7 Å².